The van der Waals surface area contributed by atoms with Crippen LogP contribution in [0.3, 0.4) is 0 Å². The maximum Gasteiger partial charge on any atom is 0.357 e. The van der Waals surface area contributed by atoms with Crippen LogP contribution in [-0.4, -0.2) is 43.6 Å². The molecule has 4 rings (SSSR count). The molecule has 4 aromatic rings. The fraction of sp³-hybridized carbons (Fsp3) is 0.136. The lowest BCUT2D eigenvalue weighted by Crippen LogP contribution is -2.22. The van der Waals surface area contributed by atoms with Gasteiger partial charge in [0, 0.05) is 22.7 Å². The second-order valence-electron chi connectivity index (χ2n) is 6.76. The molecule has 11 heteroatoms. The first-order valence-corrected chi connectivity index (χ1v) is 10.6. The SMILES string of the molecule is Cc1csc(C(C#N)C(=O)COC(=O)C(=Cc2ccco2)n2nnnc2-c2ccccc2)n1. The van der Waals surface area contributed by atoms with Crippen molar-refractivity contribution >= 4 is 34.9 Å². The van der Waals surface area contributed by atoms with E-state index in [1.54, 1.807) is 36.6 Å². The first-order chi connectivity index (χ1) is 16.1. The summed E-state index contributed by atoms with van der Waals surface area (Å²) in [5, 5.41) is 23.1. The minimum Gasteiger partial charge on any atom is -0.465 e. The minimum absolute atomic E-state index is 0.0693. The highest BCUT2D eigenvalue weighted by molar-refractivity contribution is 7.09. The third-order valence-corrected chi connectivity index (χ3v) is 5.47. The van der Waals surface area contributed by atoms with Crippen molar-refractivity contribution in [2.75, 3.05) is 6.61 Å². The number of aryl methyl sites for hydroxylation is 1. The van der Waals surface area contributed by atoms with Crippen LogP contribution in [0.4, 0.5) is 0 Å². The lowest BCUT2D eigenvalue weighted by Gasteiger charge is -2.10. The second kappa shape index (κ2) is 9.80. The lowest BCUT2D eigenvalue weighted by atomic mass is 10.1. The zero-order valence-corrected chi connectivity index (χ0v) is 18.1. The zero-order chi connectivity index (χ0) is 23.2. The summed E-state index contributed by atoms with van der Waals surface area (Å²) in [6.45, 7) is 1.15. The fourth-order valence-electron chi connectivity index (χ4n) is 2.89. The van der Waals surface area contributed by atoms with Crippen molar-refractivity contribution < 1.29 is 18.7 Å². The predicted octanol–water partition coefficient (Wildman–Crippen LogP) is 3.12. The number of carbonyl (C=O) groups excluding carboxylic acids is 2. The van der Waals surface area contributed by atoms with Crippen LogP contribution in [0.15, 0.2) is 58.5 Å². The normalized spacial score (nSPS) is 12.2. The van der Waals surface area contributed by atoms with Crippen molar-refractivity contribution in [1.29, 1.82) is 5.26 Å². The number of ketones is 1. The summed E-state index contributed by atoms with van der Waals surface area (Å²) in [6, 6.07) is 14.2. The Balaban J connectivity index is 1.59. The van der Waals surface area contributed by atoms with Crippen LogP contribution in [0.1, 0.15) is 22.4 Å². The predicted molar refractivity (Wildman–Crippen MR) is 117 cm³/mol. The fourth-order valence-corrected chi connectivity index (χ4v) is 3.76. The van der Waals surface area contributed by atoms with Crippen molar-refractivity contribution in [2.24, 2.45) is 0 Å². The van der Waals surface area contributed by atoms with Crippen LogP contribution in [0.25, 0.3) is 23.2 Å². The van der Waals surface area contributed by atoms with Gasteiger partial charge in [0.2, 0.25) is 0 Å². The van der Waals surface area contributed by atoms with Gasteiger partial charge < -0.3 is 9.15 Å². The average molecular weight is 460 g/mol. The zero-order valence-electron chi connectivity index (χ0n) is 17.3. The summed E-state index contributed by atoms with van der Waals surface area (Å²) in [5.41, 5.74) is 1.30. The van der Waals surface area contributed by atoms with E-state index in [0.29, 0.717) is 27.8 Å². The molecule has 0 aliphatic rings. The first-order valence-electron chi connectivity index (χ1n) is 9.67. The smallest absolute Gasteiger partial charge is 0.357 e. The van der Waals surface area contributed by atoms with Gasteiger partial charge >= 0.3 is 5.97 Å². The van der Waals surface area contributed by atoms with E-state index in [2.05, 4.69) is 20.5 Å². The molecule has 0 spiro atoms. The number of hydrogen-bond donors (Lipinski definition) is 0. The Kier molecular flexibility index (Phi) is 6.47. The maximum absolute atomic E-state index is 13.0. The number of rotatable bonds is 8. The summed E-state index contributed by atoms with van der Waals surface area (Å²) in [5.74, 6) is -1.92. The molecule has 3 heterocycles. The van der Waals surface area contributed by atoms with Gasteiger partial charge in [0.25, 0.3) is 0 Å². The first kappa shape index (κ1) is 21.8. The highest BCUT2D eigenvalue weighted by Gasteiger charge is 2.27. The molecule has 0 aliphatic carbocycles. The summed E-state index contributed by atoms with van der Waals surface area (Å²) in [7, 11) is 0. The number of nitriles is 1. The molecule has 0 fully saturated rings. The van der Waals surface area contributed by atoms with Gasteiger partial charge in [0.05, 0.1) is 12.3 Å². The summed E-state index contributed by atoms with van der Waals surface area (Å²) in [6.07, 6.45) is 2.85. The Morgan fingerprint density at radius 2 is 2.09 bits per heavy atom. The van der Waals surface area contributed by atoms with Gasteiger partial charge in [-0.2, -0.15) is 9.94 Å². The molecule has 10 nitrogen and oxygen atoms in total. The number of carbonyl (C=O) groups is 2. The molecule has 0 saturated heterocycles. The van der Waals surface area contributed by atoms with Crippen LogP contribution >= 0.6 is 11.3 Å². The van der Waals surface area contributed by atoms with Gasteiger partial charge in [-0.1, -0.05) is 30.3 Å². The number of furan rings is 1. The van der Waals surface area contributed by atoms with Gasteiger partial charge in [-0.15, -0.1) is 16.4 Å². The molecular weight excluding hydrogens is 444 g/mol. The van der Waals surface area contributed by atoms with Gasteiger partial charge in [0.15, 0.2) is 29.8 Å². The number of Topliss-reactive ketones (excluding diaryl/α,β-unsaturated/α-hetero) is 1. The molecule has 1 aromatic carbocycles. The average Bonchev–Trinajstić information content (AvgIpc) is 3.59. The van der Waals surface area contributed by atoms with E-state index in [1.165, 1.54) is 28.4 Å². The molecule has 3 aromatic heterocycles. The molecule has 33 heavy (non-hydrogen) atoms. The Labute approximate surface area is 191 Å². The quantitative estimate of drug-likeness (QED) is 0.287. The number of nitrogens with zero attached hydrogens (tertiary/aromatic N) is 6. The molecule has 0 amide bonds. The van der Waals surface area contributed by atoms with Gasteiger partial charge in [-0.25, -0.2) is 9.78 Å². The molecule has 0 N–H and O–H groups in total. The van der Waals surface area contributed by atoms with Crippen LogP contribution in [-0.2, 0) is 14.3 Å². The number of ether oxygens (including phenoxy) is 1. The van der Waals surface area contributed by atoms with Crippen LogP contribution < -0.4 is 0 Å². The van der Waals surface area contributed by atoms with E-state index in [9.17, 15) is 14.9 Å². The Hall–Kier alpha value is -4.43. The van der Waals surface area contributed by atoms with E-state index in [4.69, 9.17) is 9.15 Å². The van der Waals surface area contributed by atoms with E-state index >= 15 is 0 Å². The molecule has 0 aliphatic heterocycles. The molecular formula is C22H16N6O4S. The number of tetrazole rings is 1. The highest BCUT2D eigenvalue weighted by Crippen LogP contribution is 2.23. The van der Waals surface area contributed by atoms with E-state index in [1.807, 2.05) is 24.3 Å². The van der Waals surface area contributed by atoms with E-state index < -0.39 is 24.3 Å². The van der Waals surface area contributed by atoms with E-state index in [-0.39, 0.29) is 5.70 Å². The van der Waals surface area contributed by atoms with E-state index in [0.717, 1.165) is 0 Å². The Morgan fingerprint density at radius 3 is 2.76 bits per heavy atom. The number of thiazole rings is 1. The van der Waals surface area contributed by atoms with Crippen molar-refractivity contribution in [3.63, 3.8) is 0 Å². The van der Waals surface area contributed by atoms with Crippen LogP contribution in [0.5, 0.6) is 0 Å². The molecule has 0 radical (unpaired) electrons. The van der Waals surface area contributed by atoms with Crippen molar-refractivity contribution in [3.8, 4) is 17.5 Å². The van der Waals surface area contributed by atoms with Crippen molar-refractivity contribution in [2.45, 2.75) is 12.8 Å². The maximum atomic E-state index is 13.0. The summed E-state index contributed by atoms with van der Waals surface area (Å²) in [4.78, 5) is 29.8. The van der Waals surface area contributed by atoms with Gasteiger partial charge in [0.1, 0.15) is 10.8 Å². The number of hydrogen-bond acceptors (Lipinski definition) is 10. The number of benzene rings is 1. The summed E-state index contributed by atoms with van der Waals surface area (Å²) >= 11 is 1.20. The molecule has 0 saturated carbocycles. The Bertz CT molecular complexity index is 1330. The number of esters is 1. The number of aromatic nitrogens is 5. The van der Waals surface area contributed by atoms with Crippen LogP contribution in [0, 0.1) is 18.3 Å². The minimum atomic E-state index is -1.12. The molecule has 0 bridgehead atoms. The topological polar surface area (TPSA) is 137 Å². The Morgan fingerprint density at radius 1 is 1.27 bits per heavy atom. The lowest BCUT2D eigenvalue weighted by molar-refractivity contribution is -0.142. The second-order valence-corrected chi connectivity index (χ2v) is 7.65. The molecule has 164 valence electrons. The standard InChI is InChI=1S/C22H16N6O4S/c1-14-13-33-21(24-14)17(11-23)19(29)12-32-22(30)18(10-16-8-5-9-31-16)28-20(25-26-27-28)15-6-3-2-4-7-15/h2-10,13,17H,12H2,1H3. The molecule has 1 unspecified atom stereocenters. The third-order valence-electron chi connectivity index (χ3n) is 4.44. The van der Waals surface area contributed by atoms with Crippen LogP contribution in [0.2, 0.25) is 0 Å². The third kappa shape index (κ3) is 4.91. The molecule has 1 atom stereocenters. The van der Waals surface area contributed by atoms with Gasteiger partial charge in [-0.05, 0) is 29.5 Å². The van der Waals surface area contributed by atoms with Gasteiger partial charge in [-0.3, -0.25) is 4.79 Å². The van der Waals surface area contributed by atoms with Crippen molar-refractivity contribution in [3.05, 3.63) is 70.6 Å². The largest absolute Gasteiger partial charge is 0.465 e. The monoisotopic (exact) mass is 460 g/mol. The van der Waals surface area contributed by atoms with Crippen molar-refractivity contribution in [1.82, 2.24) is 25.2 Å². The highest BCUT2D eigenvalue weighted by atomic mass is 32.1. The summed E-state index contributed by atoms with van der Waals surface area (Å²) < 4.78 is 11.8.